The standard InChI is InChI=1S/C27H19F2N3O4S2/c1-36-19-12-8-16(9-13-19)23(33)21-22(15-6-10-18(28)11-7-15)32(25(35)24(21)34)26-30-31-27(38-26)37-14-17-4-2-3-5-20(17)29/h2-13,22,33H,14H2,1H3/b23-21-. The molecule has 1 N–H and O–H groups in total. The van der Waals surface area contributed by atoms with Crippen LogP contribution in [0.15, 0.2) is 82.7 Å². The van der Waals surface area contributed by atoms with E-state index in [4.69, 9.17) is 4.74 Å². The Hall–Kier alpha value is -4.09. The van der Waals surface area contributed by atoms with Crippen LogP contribution in [0.3, 0.4) is 0 Å². The van der Waals surface area contributed by atoms with Crippen LogP contribution in [0.25, 0.3) is 5.76 Å². The summed E-state index contributed by atoms with van der Waals surface area (Å²) >= 11 is 2.29. The highest BCUT2D eigenvalue weighted by atomic mass is 32.2. The number of methoxy groups -OCH3 is 1. The molecule has 1 unspecified atom stereocenters. The minimum Gasteiger partial charge on any atom is -0.507 e. The van der Waals surface area contributed by atoms with Crippen LogP contribution in [0.2, 0.25) is 0 Å². The number of aliphatic hydroxyl groups excluding tert-OH is 1. The van der Waals surface area contributed by atoms with Crippen molar-refractivity contribution in [2.45, 2.75) is 16.1 Å². The number of anilines is 1. The van der Waals surface area contributed by atoms with E-state index in [0.29, 0.717) is 32.5 Å². The number of hydrogen-bond donors (Lipinski definition) is 1. The van der Waals surface area contributed by atoms with Gasteiger partial charge < -0.3 is 9.84 Å². The number of Topliss-reactive ketones (excluding diaryl/α,β-unsaturated/α-hetero) is 1. The lowest BCUT2D eigenvalue weighted by molar-refractivity contribution is -0.132. The average molecular weight is 552 g/mol. The van der Waals surface area contributed by atoms with E-state index in [0.717, 1.165) is 16.2 Å². The zero-order valence-electron chi connectivity index (χ0n) is 19.8. The van der Waals surface area contributed by atoms with E-state index >= 15 is 0 Å². The molecule has 38 heavy (non-hydrogen) atoms. The molecule has 3 aromatic carbocycles. The smallest absolute Gasteiger partial charge is 0.301 e. The summed E-state index contributed by atoms with van der Waals surface area (Å²) in [7, 11) is 1.50. The number of carbonyl (C=O) groups is 2. The molecular formula is C27H19F2N3O4S2. The highest BCUT2D eigenvalue weighted by molar-refractivity contribution is 8.00. The molecule has 5 rings (SSSR count). The lowest BCUT2D eigenvalue weighted by Crippen LogP contribution is -2.29. The highest BCUT2D eigenvalue weighted by Crippen LogP contribution is 2.44. The fourth-order valence-corrected chi connectivity index (χ4v) is 5.86. The van der Waals surface area contributed by atoms with Gasteiger partial charge in [0.25, 0.3) is 5.78 Å². The van der Waals surface area contributed by atoms with E-state index in [2.05, 4.69) is 10.2 Å². The number of hydrogen-bond acceptors (Lipinski definition) is 8. The molecule has 0 spiro atoms. The second kappa shape index (κ2) is 10.7. The molecule has 7 nitrogen and oxygen atoms in total. The van der Waals surface area contributed by atoms with Crippen molar-refractivity contribution in [2.75, 3.05) is 12.0 Å². The molecule has 1 fully saturated rings. The Morgan fingerprint density at radius 3 is 2.42 bits per heavy atom. The summed E-state index contributed by atoms with van der Waals surface area (Å²) in [5.74, 6) is -2.21. The summed E-state index contributed by atoms with van der Waals surface area (Å²) in [6.07, 6.45) is 0. The van der Waals surface area contributed by atoms with Crippen molar-refractivity contribution in [1.82, 2.24) is 10.2 Å². The second-order valence-corrected chi connectivity index (χ2v) is 10.4. The number of carbonyl (C=O) groups excluding carboxylic acids is 2. The number of ketones is 1. The Balaban J connectivity index is 1.53. The maximum Gasteiger partial charge on any atom is 0.301 e. The van der Waals surface area contributed by atoms with Crippen molar-refractivity contribution in [3.8, 4) is 5.75 Å². The van der Waals surface area contributed by atoms with Gasteiger partial charge in [-0.05, 0) is 53.6 Å². The number of benzene rings is 3. The quantitative estimate of drug-likeness (QED) is 0.103. The molecule has 1 aliphatic rings. The molecule has 1 atom stereocenters. The van der Waals surface area contributed by atoms with Gasteiger partial charge in [-0.1, -0.05) is 53.4 Å². The summed E-state index contributed by atoms with van der Waals surface area (Å²) in [6, 6.07) is 16.9. The first kappa shape index (κ1) is 25.6. The zero-order valence-corrected chi connectivity index (χ0v) is 21.4. The van der Waals surface area contributed by atoms with Gasteiger partial charge in [-0.15, -0.1) is 10.2 Å². The van der Waals surface area contributed by atoms with Crippen LogP contribution in [0.4, 0.5) is 13.9 Å². The Morgan fingerprint density at radius 2 is 1.74 bits per heavy atom. The Kier molecular flexibility index (Phi) is 7.21. The van der Waals surface area contributed by atoms with E-state index in [1.807, 2.05) is 0 Å². The minimum absolute atomic E-state index is 0.117. The molecule has 1 aromatic heterocycles. The number of halogens is 2. The van der Waals surface area contributed by atoms with Gasteiger partial charge in [-0.2, -0.15) is 0 Å². The third kappa shape index (κ3) is 4.90. The van der Waals surface area contributed by atoms with Crippen molar-refractivity contribution < 1.29 is 28.2 Å². The van der Waals surface area contributed by atoms with Gasteiger partial charge in [0.15, 0.2) is 4.34 Å². The summed E-state index contributed by atoms with van der Waals surface area (Å²) in [4.78, 5) is 27.6. The first-order chi connectivity index (χ1) is 18.4. The maximum absolute atomic E-state index is 14.0. The summed E-state index contributed by atoms with van der Waals surface area (Å²) in [6.45, 7) is 0. The Bertz CT molecular complexity index is 1540. The van der Waals surface area contributed by atoms with Crippen LogP contribution in [-0.2, 0) is 15.3 Å². The molecule has 4 aromatic rings. The van der Waals surface area contributed by atoms with E-state index in [1.54, 1.807) is 42.5 Å². The predicted octanol–water partition coefficient (Wildman–Crippen LogP) is 5.74. The van der Waals surface area contributed by atoms with E-state index in [1.165, 1.54) is 49.2 Å². The SMILES string of the molecule is COc1ccc(/C(O)=C2/C(=O)C(=O)N(c3nnc(SCc4ccccc4F)s3)C2c2ccc(F)cc2)cc1. The molecule has 1 aliphatic heterocycles. The van der Waals surface area contributed by atoms with Crippen LogP contribution in [0, 0.1) is 11.6 Å². The number of aromatic nitrogens is 2. The van der Waals surface area contributed by atoms with Crippen LogP contribution in [0.5, 0.6) is 5.75 Å². The van der Waals surface area contributed by atoms with Crippen LogP contribution < -0.4 is 9.64 Å². The van der Waals surface area contributed by atoms with Crippen molar-refractivity contribution in [1.29, 1.82) is 0 Å². The van der Waals surface area contributed by atoms with Crippen molar-refractivity contribution >= 4 is 45.7 Å². The van der Waals surface area contributed by atoms with Crippen molar-refractivity contribution in [3.05, 3.63) is 107 Å². The van der Waals surface area contributed by atoms with E-state index in [-0.39, 0.29) is 22.3 Å². The van der Waals surface area contributed by atoms with Crippen LogP contribution in [-0.4, -0.2) is 34.1 Å². The van der Waals surface area contributed by atoms with Gasteiger partial charge in [0, 0.05) is 11.3 Å². The molecule has 0 radical (unpaired) electrons. The number of aliphatic hydroxyl groups is 1. The topological polar surface area (TPSA) is 92.6 Å². The molecule has 192 valence electrons. The van der Waals surface area contributed by atoms with E-state index in [9.17, 15) is 23.5 Å². The molecule has 11 heteroatoms. The van der Waals surface area contributed by atoms with Gasteiger partial charge in [-0.3, -0.25) is 14.5 Å². The Labute approximate surface area is 224 Å². The number of rotatable bonds is 7. The minimum atomic E-state index is -1.07. The van der Waals surface area contributed by atoms with Crippen molar-refractivity contribution in [3.63, 3.8) is 0 Å². The second-order valence-electron chi connectivity index (χ2n) is 8.18. The van der Waals surface area contributed by atoms with Gasteiger partial charge in [0.1, 0.15) is 23.1 Å². The lowest BCUT2D eigenvalue weighted by atomic mass is 9.95. The molecule has 1 saturated heterocycles. The molecule has 1 amide bonds. The molecule has 0 aliphatic carbocycles. The molecule has 2 heterocycles. The average Bonchev–Trinajstić information content (AvgIpc) is 3.50. The summed E-state index contributed by atoms with van der Waals surface area (Å²) < 4.78 is 33.3. The molecule has 0 bridgehead atoms. The molecular weight excluding hydrogens is 532 g/mol. The van der Waals surface area contributed by atoms with Gasteiger partial charge in [0.2, 0.25) is 5.13 Å². The van der Waals surface area contributed by atoms with Crippen LogP contribution in [0.1, 0.15) is 22.7 Å². The zero-order chi connectivity index (χ0) is 26.8. The van der Waals surface area contributed by atoms with E-state index < -0.39 is 23.5 Å². The number of amides is 1. The monoisotopic (exact) mass is 551 g/mol. The number of ether oxygens (including phenoxy) is 1. The normalized spacial score (nSPS) is 16.7. The third-order valence-electron chi connectivity index (χ3n) is 5.90. The van der Waals surface area contributed by atoms with Crippen LogP contribution >= 0.6 is 23.1 Å². The fourth-order valence-electron chi connectivity index (χ4n) is 4.01. The van der Waals surface area contributed by atoms with Gasteiger partial charge in [-0.25, -0.2) is 8.78 Å². The number of nitrogens with zero attached hydrogens (tertiary/aromatic N) is 3. The van der Waals surface area contributed by atoms with Gasteiger partial charge >= 0.3 is 5.91 Å². The molecule has 0 saturated carbocycles. The fraction of sp³-hybridized carbons (Fsp3) is 0.111. The largest absolute Gasteiger partial charge is 0.507 e. The maximum atomic E-state index is 14.0. The first-order valence-electron chi connectivity index (χ1n) is 11.3. The third-order valence-corrected chi connectivity index (χ3v) is 8.01. The lowest BCUT2D eigenvalue weighted by Gasteiger charge is -2.22. The number of thioether (sulfide) groups is 1. The highest BCUT2D eigenvalue weighted by Gasteiger charge is 2.48. The first-order valence-corrected chi connectivity index (χ1v) is 13.1. The van der Waals surface area contributed by atoms with Gasteiger partial charge in [0.05, 0.1) is 18.7 Å². The van der Waals surface area contributed by atoms with Crippen molar-refractivity contribution in [2.24, 2.45) is 0 Å². The predicted molar refractivity (Wildman–Crippen MR) is 140 cm³/mol. The summed E-state index contributed by atoms with van der Waals surface area (Å²) in [5, 5.41) is 19.5. The Morgan fingerprint density at radius 1 is 1.03 bits per heavy atom. The summed E-state index contributed by atoms with van der Waals surface area (Å²) in [5.41, 5.74) is 1.02.